The van der Waals surface area contributed by atoms with Gasteiger partial charge in [0.25, 0.3) is 0 Å². The number of hydrogen-bond acceptors (Lipinski definition) is 4. The highest BCUT2D eigenvalue weighted by atomic mass is 32.2. The van der Waals surface area contributed by atoms with E-state index in [-0.39, 0.29) is 0 Å². The summed E-state index contributed by atoms with van der Waals surface area (Å²) in [4.78, 5) is 3.57. The molecule has 1 atom stereocenters. The molecule has 0 radical (unpaired) electrons. The first kappa shape index (κ1) is 15.7. The van der Waals surface area contributed by atoms with Gasteiger partial charge in [0.15, 0.2) is 0 Å². The van der Waals surface area contributed by atoms with Crippen molar-refractivity contribution in [3.8, 4) is 5.75 Å². The monoisotopic (exact) mass is 295 g/mol. The molecule has 1 aliphatic heterocycles. The predicted molar refractivity (Wildman–Crippen MR) is 84.8 cm³/mol. The van der Waals surface area contributed by atoms with Crippen molar-refractivity contribution in [3.63, 3.8) is 0 Å². The number of hydrogen-bond donors (Lipinski definition) is 0. The highest BCUT2D eigenvalue weighted by Crippen LogP contribution is 2.19. The van der Waals surface area contributed by atoms with Crippen LogP contribution < -0.4 is 4.74 Å². The van der Waals surface area contributed by atoms with Crippen LogP contribution in [0.2, 0.25) is 0 Å². The van der Waals surface area contributed by atoms with Gasteiger partial charge in [-0.05, 0) is 56.8 Å². The molecule has 0 bridgehead atoms. The maximum Gasteiger partial charge on any atom is 0.119 e. The van der Waals surface area contributed by atoms with E-state index in [2.05, 4.69) is 30.3 Å². The highest BCUT2D eigenvalue weighted by Gasteiger charge is 2.15. The summed E-state index contributed by atoms with van der Waals surface area (Å²) in [5.74, 6) is 0.949. The van der Waals surface area contributed by atoms with Crippen molar-refractivity contribution in [2.75, 3.05) is 39.6 Å². The Bertz CT molecular complexity index is 377. The summed E-state index contributed by atoms with van der Waals surface area (Å²) in [6.45, 7) is 3.59. The Morgan fingerprint density at radius 2 is 2.10 bits per heavy atom. The number of ether oxygens (including phenoxy) is 2. The fourth-order valence-corrected chi connectivity index (χ4v) is 2.79. The number of likely N-dealkylation sites (N-methyl/N-ethyl adjacent to an activating group) is 1. The molecule has 1 fully saturated rings. The first-order chi connectivity index (χ1) is 9.78. The minimum absolute atomic E-state index is 0.412. The van der Waals surface area contributed by atoms with Crippen molar-refractivity contribution in [1.82, 2.24) is 4.90 Å². The minimum Gasteiger partial charge on any atom is -0.492 e. The van der Waals surface area contributed by atoms with Crippen molar-refractivity contribution in [2.24, 2.45) is 0 Å². The smallest absolute Gasteiger partial charge is 0.119 e. The molecule has 1 aromatic carbocycles. The maximum atomic E-state index is 5.77. The number of benzene rings is 1. The Balaban J connectivity index is 1.63. The third kappa shape index (κ3) is 5.35. The molecule has 1 aliphatic rings. The zero-order valence-electron chi connectivity index (χ0n) is 12.5. The van der Waals surface area contributed by atoms with Crippen LogP contribution in [0, 0.1) is 0 Å². The molecule has 4 heteroatoms. The zero-order valence-corrected chi connectivity index (χ0v) is 13.3. The average Bonchev–Trinajstić information content (AvgIpc) is 2.49. The summed E-state index contributed by atoms with van der Waals surface area (Å²) in [6.07, 6.45) is 6.21. The van der Waals surface area contributed by atoms with Crippen LogP contribution in [-0.2, 0) is 4.74 Å². The van der Waals surface area contributed by atoms with E-state index in [0.29, 0.717) is 6.10 Å². The number of rotatable bonds is 7. The quantitative estimate of drug-likeness (QED) is 0.720. The molecule has 20 heavy (non-hydrogen) atoms. The molecule has 0 amide bonds. The molecule has 1 aromatic rings. The number of nitrogens with zero attached hydrogens (tertiary/aromatic N) is 1. The molecule has 0 saturated carbocycles. The lowest BCUT2D eigenvalue weighted by Crippen LogP contribution is -2.35. The largest absolute Gasteiger partial charge is 0.492 e. The molecule has 3 nitrogen and oxygen atoms in total. The SMILES string of the molecule is CSc1ccc(OCCN(C)C[C@H]2CCCCO2)cc1. The molecular weight excluding hydrogens is 270 g/mol. The van der Waals surface area contributed by atoms with Gasteiger partial charge in [-0.1, -0.05) is 0 Å². The van der Waals surface area contributed by atoms with E-state index in [0.717, 1.165) is 32.1 Å². The predicted octanol–water partition coefficient (Wildman–Crippen LogP) is 3.29. The van der Waals surface area contributed by atoms with Crippen molar-refractivity contribution in [2.45, 2.75) is 30.3 Å². The second kappa shape index (κ2) is 8.55. The van der Waals surface area contributed by atoms with Gasteiger partial charge in [-0.2, -0.15) is 0 Å². The zero-order chi connectivity index (χ0) is 14.2. The Morgan fingerprint density at radius 3 is 2.75 bits per heavy atom. The summed E-state index contributed by atoms with van der Waals surface area (Å²) in [6, 6.07) is 8.27. The van der Waals surface area contributed by atoms with Crippen LogP contribution in [0.25, 0.3) is 0 Å². The Hall–Kier alpha value is -0.710. The molecule has 2 rings (SSSR count). The van der Waals surface area contributed by atoms with Gasteiger partial charge in [-0.15, -0.1) is 11.8 Å². The van der Waals surface area contributed by atoms with E-state index < -0.39 is 0 Å². The second-order valence-electron chi connectivity index (χ2n) is 5.27. The van der Waals surface area contributed by atoms with Gasteiger partial charge in [-0.25, -0.2) is 0 Å². The Morgan fingerprint density at radius 1 is 1.30 bits per heavy atom. The lowest BCUT2D eigenvalue weighted by Gasteiger charge is -2.27. The summed E-state index contributed by atoms with van der Waals surface area (Å²) in [7, 11) is 2.14. The number of thioether (sulfide) groups is 1. The third-order valence-corrected chi connectivity index (χ3v) is 4.33. The standard InChI is InChI=1S/C16H25NO2S/c1-17(13-15-5-3-4-11-18-15)10-12-19-14-6-8-16(20-2)9-7-14/h6-9,15H,3-5,10-13H2,1-2H3/t15-/m1/s1. The summed E-state index contributed by atoms with van der Waals surface area (Å²) in [5, 5.41) is 0. The lowest BCUT2D eigenvalue weighted by molar-refractivity contribution is -0.00282. The molecule has 0 aromatic heterocycles. The van der Waals surface area contributed by atoms with E-state index in [4.69, 9.17) is 9.47 Å². The minimum atomic E-state index is 0.412. The molecular formula is C16H25NO2S. The highest BCUT2D eigenvalue weighted by molar-refractivity contribution is 7.98. The van der Waals surface area contributed by atoms with Crippen molar-refractivity contribution in [3.05, 3.63) is 24.3 Å². The van der Waals surface area contributed by atoms with Crippen molar-refractivity contribution in [1.29, 1.82) is 0 Å². The van der Waals surface area contributed by atoms with E-state index in [1.165, 1.54) is 24.2 Å². The molecule has 0 unspecified atom stereocenters. The molecule has 1 heterocycles. The molecule has 112 valence electrons. The van der Waals surface area contributed by atoms with Crippen LogP contribution in [0.15, 0.2) is 29.2 Å². The van der Waals surface area contributed by atoms with Crippen LogP contribution in [0.5, 0.6) is 5.75 Å². The second-order valence-corrected chi connectivity index (χ2v) is 6.15. The first-order valence-corrected chi connectivity index (χ1v) is 8.57. The van der Waals surface area contributed by atoms with E-state index in [9.17, 15) is 0 Å². The fourth-order valence-electron chi connectivity index (χ4n) is 2.38. The average molecular weight is 295 g/mol. The van der Waals surface area contributed by atoms with Crippen molar-refractivity contribution < 1.29 is 9.47 Å². The van der Waals surface area contributed by atoms with E-state index in [1.807, 2.05) is 12.1 Å². The maximum absolute atomic E-state index is 5.77. The van der Waals surface area contributed by atoms with Crippen LogP contribution in [0.1, 0.15) is 19.3 Å². The van der Waals surface area contributed by atoms with Gasteiger partial charge in [0.05, 0.1) is 6.10 Å². The van der Waals surface area contributed by atoms with Crippen molar-refractivity contribution >= 4 is 11.8 Å². The fraction of sp³-hybridized carbons (Fsp3) is 0.625. The summed E-state index contributed by atoms with van der Waals surface area (Å²) in [5.41, 5.74) is 0. The van der Waals surface area contributed by atoms with E-state index in [1.54, 1.807) is 11.8 Å². The lowest BCUT2D eigenvalue weighted by atomic mass is 10.1. The van der Waals surface area contributed by atoms with Gasteiger partial charge in [0.1, 0.15) is 12.4 Å². The van der Waals surface area contributed by atoms with Gasteiger partial charge in [0.2, 0.25) is 0 Å². The van der Waals surface area contributed by atoms with Gasteiger partial charge in [0, 0.05) is 24.6 Å². The molecule has 0 N–H and O–H groups in total. The topological polar surface area (TPSA) is 21.7 Å². The van der Waals surface area contributed by atoms with Crippen LogP contribution in [0.3, 0.4) is 0 Å². The molecule has 1 saturated heterocycles. The summed E-state index contributed by atoms with van der Waals surface area (Å²) < 4.78 is 11.5. The third-order valence-electron chi connectivity index (χ3n) is 3.59. The van der Waals surface area contributed by atoms with Gasteiger partial charge >= 0.3 is 0 Å². The molecule has 0 spiro atoms. The van der Waals surface area contributed by atoms with Gasteiger partial charge in [-0.3, -0.25) is 0 Å². The van der Waals surface area contributed by atoms with Crippen LogP contribution >= 0.6 is 11.8 Å². The van der Waals surface area contributed by atoms with Gasteiger partial charge < -0.3 is 14.4 Å². The molecule has 0 aliphatic carbocycles. The normalized spacial score (nSPS) is 19.2. The van der Waals surface area contributed by atoms with E-state index >= 15 is 0 Å². The first-order valence-electron chi connectivity index (χ1n) is 7.35. The van der Waals surface area contributed by atoms with Crippen LogP contribution in [0.4, 0.5) is 0 Å². The van der Waals surface area contributed by atoms with Crippen LogP contribution in [-0.4, -0.2) is 50.6 Å². The Kier molecular flexibility index (Phi) is 6.70. The summed E-state index contributed by atoms with van der Waals surface area (Å²) >= 11 is 1.75. The Labute approximate surface area is 126 Å².